The van der Waals surface area contributed by atoms with Crippen LogP contribution in [0.2, 0.25) is 0 Å². The molecule has 0 spiro atoms. The minimum absolute atomic E-state index is 0.0154. The molecule has 0 atom stereocenters. The Kier molecular flexibility index (Phi) is 25.5. The van der Waals surface area contributed by atoms with Gasteiger partial charge in [0.05, 0.1) is 29.9 Å². The molecule has 0 bridgehead atoms. The minimum Gasteiger partial charge on any atom is -0.494 e. The molecule has 0 saturated heterocycles. The molecule has 0 heterocycles. The van der Waals surface area contributed by atoms with Crippen molar-refractivity contribution in [3.8, 4) is 45.6 Å². The molecule has 0 aliphatic heterocycles. The second-order valence-electron chi connectivity index (χ2n) is 19.5. The molecule has 0 saturated carbocycles. The zero-order chi connectivity index (χ0) is 57.1. The highest BCUT2D eigenvalue weighted by molar-refractivity contribution is 5.93. The molecule has 0 unspecified atom stereocenters. The Labute approximate surface area is 463 Å². The van der Waals surface area contributed by atoms with Gasteiger partial charge in [0.1, 0.15) is 23.0 Å². The number of carbonyl (C=O) groups excluding carboxylic acids is 4. The van der Waals surface area contributed by atoms with Crippen molar-refractivity contribution in [2.75, 3.05) is 13.2 Å². The number of hydrogen-bond donors (Lipinski definition) is 0. The lowest BCUT2D eigenvalue weighted by molar-refractivity contribution is -0.135. The normalized spacial score (nSPS) is 11.0. The van der Waals surface area contributed by atoms with E-state index in [0.717, 1.165) is 75.0 Å². The summed E-state index contributed by atoms with van der Waals surface area (Å²) >= 11 is 0. The monoisotopic (exact) mass is 1110 g/mol. The van der Waals surface area contributed by atoms with E-state index >= 15 is 0 Å². The highest BCUT2D eigenvalue weighted by atomic mass is 19.2. The third kappa shape index (κ3) is 19.9. The van der Waals surface area contributed by atoms with Crippen LogP contribution in [0.4, 0.5) is 26.3 Å². The van der Waals surface area contributed by atoms with Gasteiger partial charge in [-0.15, -0.1) is 0 Å². The molecule has 10 nitrogen and oxygen atoms in total. The van der Waals surface area contributed by atoms with Crippen molar-refractivity contribution < 1.29 is 73.9 Å². The molecule has 0 aliphatic rings. The fourth-order valence-electron chi connectivity index (χ4n) is 8.63. The van der Waals surface area contributed by atoms with E-state index in [1.54, 1.807) is 66.7 Å². The molecule has 80 heavy (non-hydrogen) atoms. The maximum absolute atomic E-state index is 14.9. The summed E-state index contributed by atoms with van der Waals surface area (Å²) in [5.41, 5.74) is 2.06. The molecule has 0 fully saturated rings. The fraction of sp³-hybridized carbons (Fsp3) is 0.375. The SMILES string of the molecule is CCCCCCCCCCCCCCOc1ccc(C(=O)Oc2ccc(C(=O)Oc3cccc(-c4ccc(OC(=O)c5ccc(OCCCCCCCCCCC(=O)Oc6c(F)c(F)c(F)c(F)c6F)cc5)cc4)c3)cc2)cc1F. The number of halogens is 6. The van der Waals surface area contributed by atoms with Gasteiger partial charge in [0.2, 0.25) is 34.8 Å². The molecule has 16 heteroatoms. The first-order valence-corrected chi connectivity index (χ1v) is 27.7. The molecule has 0 aliphatic carbocycles. The van der Waals surface area contributed by atoms with Gasteiger partial charge in [0.25, 0.3) is 0 Å². The number of esters is 4. The minimum atomic E-state index is -2.33. The zero-order valence-corrected chi connectivity index (χ0v) is 45.1. The van der Waals surface area contributed by atoms with Crippen LogP contribution in [0.5, 0.6) is 34.5 Å². The Balaban J connectivity index is 0.825. The van der Waals surface area contributed by atoms with E-state index in [1.165, 1.54) is 94.2 Å². The van der Waals surface area contributed by atoms with Gasteiger partial charge in [-0.3, -0.25) is 4.79 Å². The average molecular weight is 1110 g/mol. The Morgan fingerprint density at radius 2 is 0.787 bits per heavy atom. The smallest absolute Gasteiger partial charge is 0.343 e. The van der Waals surface area contributed by atoms with Crippen molar-refractivity contribution >= 4 is 23.9 Å². The van der Waals surface area contributed by atoms with E-state index in [4.69, 9.17) is 23.7 Å². The summed E-state index contributed by atoms with van der Waals surface area (Å²) in [5.74, 6) is -14.9. The van der Waals surface area contributed by atoms with Crippen molar-refractivity contribution in [3.05, 3.63) is 167 Å². The summed E-state index contributed by atoms with van der Waals surface area (Å²) in [4.78, 5) is 50.8. The summed E-state index contributed by atoms with van der Waals surface area (Å²) in [6.07, 6.45) is 20.6. The van der Waals surface area contributed by atoms with Gasteiger partial charge in [-0.1, -0.05) is 140 Å². The number of benzene rings is 6. The Bertz CT molecular complexity index is 2900. The van der Waals surface area contributed by atoms with Gasteiger partial charge in [-0.05, 0) is 121 Å². The van der Waals surface area contributed by atoms with Gasteiger partial charge >= 0.3 is 23.9 Å². The van der Waals surface area contributed by atoms with Crippen molar-refractivity contribution in [2.24, 2.45) is 0 Å². The van der Waals surface area contributed by atoms with Gasteiger partial charge in [0.15, 0.2) is 11.6 Å². The van der Waals surface area contributed by atoms with E-state index in [2.05, 4.69) is 11.7 Å². The van der Waals surface area contributed by atoms with Crippen LogP contribution in [-0.2, 0) is 4.79 Å². The van der Waals surface area contributed by atoms with Crippen LogP contribution in [0.1, 0.15) is 173 Å². The van der Waals surface area contributed by atoms with Gasteiger partial charge in [0, 0.05) is 6.42 Å². The van der Waals surface area contributed by atoms with Crippen molar-refractivity contribution in [2.45, 2.75) is 142 Å². The second kappa shape index (κ2) is 33.1. The van der Waals surface area contributed by atoms with Gasteiger partial charge in [-0.25, -0.2) is 31.9 Å². The zero-order valence-electron chi connectivity index (χ0n) is 45.1. The average Bonchev–Trinajstić information content (AvgIpc) is 3.50. The van der Waals surface area contributed by atoms with Crippen molar-refractivity contribution in [1.82, 2.24) is 0 Å². The molecule has 6 aromatic carbocycles. The summed E-state index contributed by atoms with van der Waals surface area (Å²) < 4.78 is 115. The Morgan fingerprint density at radius 1 is 0.362 bits per heavy atom. The largest absolute Gasteiger partial charge is 0.494 e. The molecule has 6 rings (SSSR count). The quantitative estimate of drug-likeness (QED) is 0.00963. The van der Waals surface area contributed by atoms with Crippen LogP contribution in [0.15, 0.2) is 115 Å². The highest BCUT2D eigenvalue weighted by Gasteiger charge is 2.28. The number of unbranched alkanes of at least 4 members (excludes halogenated alkanes) is 18. The predicted octanol–water partition coefficient (Wildman–Crippen LogP) is 17.4. The molecule has 0 aromatic heterocycles. The first-order valence-electron chi connectivity index (χ1n) is 27.7. The highest BCUT2D eigenvalue weighted by Crippen LogP contribution is 2.31. The van der Waals surface area contributed by atoms with E-state index in [0.29, 0.717) is 43.1 Å². The van der Waals surface area contributed by atoms with Crippen LogP contribution in [0.3, 0.4) is 0 Å². The first kappa shape index (κ1) is 61.6. The lowest BCUT2D eigenvalue weighted by Gasteiger charge is -2.10. The summed E-state index contributed by atoms with van der Waals surface area (Å²) in [6, 6.07) is 30.1. The first-order chi connectivity index (χ1) is 38.8. The summed E-state index contributed by atoms with van der Waals surface area (Å²) in [5, 5.41) is 0. The Morgan fingerprint density at radius 3 is 1.31 bits per heavy atom. The number of rotatable bonds is 34. The number of ether oxygens (including phenoxy) is 6. The molecular formula is C64H68F6O10. The third-order valence-electron chi connectivity index (χ3n) is 13.2. The topological polar surface area (TPSA) is 124 Å². The molecule has 0 amide bonds. The molecule has 426 valence electrons. The lowest BCUT2D eigenvalue weighted by atomic mass is 10.1. The maximum atomic E-state index is 14.9. The lowest BCUT2D eigenvalue weighted by Crippen LogP contribution is -2.13. The van der Waals surface area contributed by atoms with Crippen LogP contribution in [-0.4, -0.2) is 37.1 Å². The maximum Gasteiger partial charge on any atom is 0.343 e. The van der Waals surface area contributed by atoms with Crippen LogP contribution in [0.25, 0.3) is 11.1 Å². The third-order valence-corrected chi connectivity index (χ3v) is 13.2. The second-order valence-corrected chi connectivity index (χ2v) is 19.5. The van der Waals surface area contributed by atoms with E-state index < -0.39 is 64.5 Å². The van der Waals surface area contributed by atoms with Gasteiger partial charge < -0.3 is 28.4 Å². The molecule has 0 N–H and O–H groups in total. The van der Waals surface area contributed by atoms with Crippen LogP contribution < -0.4 is 28.4 Å². The predicted molar refractivity (Wildman–Crippen MR) is 292 cm³/mol. The van der Waals surface area contributed by atoms with E-state index in [1.807, 2.05) is 6.07 Å². The van der Waals surface area contributed by atoms with E-state index in [9.17, 15) is 45.5 Å². The number of hydrogen-bond acceptors (Lipinski definition) is 10. The van der Waals surface area contributed by atoms with Crippen molar-refractivity contribution in [1.29, 1.82) is 0 Å². The summed E-state index contributed by atoms with van der Waals surface area (Å²) in [6.45, 7) is 3.10. The fourth-order valence-corrected chi connectivity index (χ4v) is 8.63. The summed E-state index contributed by atoms with van der Waals surface area (Å²) in [7, 11) is 0. The standard InChI is InChI=1S/C64H68F6O10/c1-2-3-4-5-6-7-8-9-11-15-18-21-41-76-54-39-32-48(43-53(54)65)64(74)78-51-37-30-46(31-38-51)63(73)79-52-24-22-23-47(42-52)44-26-35-50(36-27-44)77-62(72)45-28-33-49(34-29-45)75-40-20-17-14-12-10-13-16-19-25-55(71)80-61-59(69)57(67)56(66)58(68)60(61)70/h22-24,26-39,42-43H,2-21,25,40-41H2,1H3. The molecule has 6 aromatic rings. The van der Waals surface area contributed by atoms with E-state index in [-0.39, 0.29) is 34.8 Å². The molecular weight excluding hydrogens is 1040 g/mol. The van der Waals surface area contributed by atoms with Crippen LogP contribution >= 0.6 is 0 Å². The van der Waals surface area contributed by atoms with Crippen molar-refractivity contribution in [3.63, 3.8) is 0 Å². The molecule has 0 radical (unpaired) electrons. The number of carbonyl (C=O) groups is 4. The Hall–Kier alpha value is -7.62. The van der Waals surface area contributed by atoms with Gasteiger partial charge in [-0.2, -0.15) is 8.78 Å². The van der Waals surface area contributed by atoms with Crippen LogP contribution in [0, 0.1) is 34.9 Å².